The number of carbonyl (C=O) groups is 1. The Balaban J connectivity index is 2.02. The molecular weight excluding hydrogens is 298 g/mol. The van der Waals surface area contributed by atoms with Crippen LogP contribution in [-0.4, -0.2) is 29.6 Å². The molecule has 0 aliphatic carbocycles. The molecule has 0 aliphatic heterocycles. The van der Waals surface area contributed by atoms with Crippen molar-refractivity contribution in [1.29, 1.82) is 0 Å². The molecule has 2 aromatic rings. The SMILES string of the molecule is CN(Cc1cc(C#CCO)cs1)C(=O)c1ccc(Cl)o1. The number of aliphatic hydroxyl groups excluding tert-OH is 1. The predicted octanol–water partition coefficient (Wildman–Crippen LogP) is 2.61. The van der Waals surface area contributed by atoms with E-state index in [-0.39, 0.29) is 23.5 Å². The van der Waals surface area contributed by atoms with Gasteiger partial charge in [-0.2, -0.15) is 0 Å². The van der Waals surface area contributed by atoms with Gasteiger partial charge in [-0.25, -0.2) is 0 Å². The van der Waals surface area contributed by atoms with E-state index in [1.165, 1.54) is 17.4 Å². The van der Waals surface area contributed by atoms with Crippen molar-refractivity contribution in [2.45, 2.75) is 6.54 Å². The summed E-state index contributed by atoms with van der Waals surface area (Å²) in [4.78, 5) is 14.6. The Hall–Kier alpha value is -1.74. The fourth-order valence-electron chi connectivity index (χ4n) is 1.59. The van der Waals surface area contributed by atoms with Gasteiger partial charge in [0, 0.05) is 22.9 Å². The van der Waals surface area contributed by atoms with Gasteiger partial charge in [0.1, 0.15) is 6.61 Å². The summed E-state index contributed by atoms with van der Waals surface area (Å²) < 4.78 is 5.09. The third-order valence-electron chi connectivity index (χ3n) is 2.49. The quantitative estimate of drug-likeness (QED) is 0.887. The van der Waals surface area contributed by atoms with Gasteiger partial charge in [0.2, 0.25) is 0 Å². The molecular formula is C14H12ClNO3S. The number of hydrogen-bond acceptors (Lipinski definition) is 4. The zero-order chi connectivity index (χ0) is 14.5. The van der Waals surface area contributed by atoms with E-state index in [2.05, 4.69) is 11.8 Å². The maximum Gasteiger partial charge on any atom is 0.289 e. The smallest absolute Gasteiger partial charge is 0.289 e. The van der Waals surface area contributed by atoms with Crippen LogP contribution in [0.1, 0.15) is 21.0 Å². The van der Waals surface area contributed by atoms with Gasteiger partial charge in [-0.1, -0.05) is 11.8 Å². The number of aliphatic hydroxyl groups is 1. The Bertz CT molecular complexity index is 665. The lowest BCUT2D eigenvalue weighted by Crippen LogP contribution is -2.25. The van der Waals surface area contributed by atoms with Crippen LogP contribution in [0.5, 0.6) is 0 Å². The molecule has 0 spiro atoms. The summed E-state index contributed by atoms with van der Waals surface area (Å²) in [5.41, 5.74) is 0.834. The van der Waals surface area contributed by atoms with E-state index in [0.717, 1.165) is 10.4 Å². The number of carbonyl (C=O) groups excluding carboxylic acids is 1. The highest BCUT2D eigenvalue weighted by Crippen LogP contribution is 2.18. The number of halogens is 1. The molecule has 0 radical (unpaired) electrons. The van der Waals surface area contributed by atoms with Crippen molar-refractivity contribution in [3.05, 3.63) is 45.0 Å². The van der Waals surface area contributed by atoms with E-state index in [1.807, 2.05) is 11.4 Å². The average Bonchev–Trinajstić information content (AvgIpc) is 3.04. The van der Waals surface area contributed by atoms with Gasteiger partial charge in [0.25, 0.3) is 5.91 Å². The van der Waals surface area contributed by atoms with Crippen molar-refractivity contribution in [2.24, 2.45) is 0 Å². The monoisotopic (exact) mass is 309 g/mol. The number of amides is 1. The van der Waals surface area contributed by atoms with Crippen molar-refractivity contribution < 1.29 is 14.3 Å². The fourth-order valence-corrected chi connectivity index (χ4v) is 2.61. The Morgan fingerprint density at radius 3 is 3.00 bits per heavy atom. The number of rotatable bonds is 3. The minimum absolute atomic E-state index is 0.164. The maximum atomic E-state index is 12.1. The maximum absolute atomic E-state index is 12.1. The molecule has 2 aromatic heterocycles. The van der Waals surface area contributed by atoms with E-state index < -0.39 is 0 Å². The lowest BCUT2D eigenvalue weighted by atomic mass is 10.3. The van der Waals surface area contributed by atoms with Crippen molar-refractivity contribution in [3.63, 3.8) is 0 Å². The normalized spacial score (nSPS) is 9.95. The zero-order valence-corrected chi connectivity index (χ0v) is 12.3. The summed E-state index contributed by atoms with van der Waals surface area (Å²) in [6.07, 6.45) is 0. The number of hydrogen-bond donors (Lipinski definition) is 1. The molecule has 0 atom stereocenters. The number of nitrogens with zero attached hydrogens (tertiary/aromatic N) is 1. The van der Waals surface area contributed by atoms with Crippen LogP contribution in [0, 0.1) is 11.8 Å². The van der Waals surface area contributed by atoms with Gasteiger partial charge in [-0.3, -0.25) is 4.79 Å². The lowest BCUT2D eigenvalue weighted by Gasteiger charge is -2.14. The molecule has 0 aliphatic rings. The van der Waals surface area contributed by atoms with Crippen LogP contribution in [0.4, 0.5) is 0 Å². The van der Waals surface area contributed by atoms with Crippen molar-refractivity contribution in [1.82, 2.24) is 4.90 Å². The van der Waals surface area contributed by atoms with Gasteiger partial charge in [-0.05, 0) is 29.8 Å². The third kappa shape index (κ3) is 3.64. The minimum Gasteiger partial charge on any atom is -0.440 e. The first-order chi connectivity index (χ1) is 9.60. The second-order valence-electron chi connectivity index (χ2n) is 4.03. The number of furan rings is 1. The van der Waals surface area contributed by atoms with Crippen LogP contribution in [0.3, 0.4) is 0 Å². The molecule has 20 heavy (non-hydrogen) atoms. The minimum atomic E-state index is -0.228. The fraction of sp³-hybridized carbons (Fsp3) is 0.214. The van der Waals surface area contributed by atoms with Crippen molar-refractivity contribution in [3.8, 4) is 11.8 Å². The largest absolute Gasteiger partial charge is 0.440 e. The highest BCUT2D eigenvalue weighted by molar-refractivity contribution is 7.10. The highest BCUT2D eigenvalue weighted by Gasteiger charge is 2.16. The summed E-state index contributed by atoms with van der Waals surface area (Å²) in [5, 5.41) is 10.7. The van der Waals surface area contributed by atoms with Crippen LogP contribution < -0.4 is 0 Å². The lowest BCUT2D eigenvalue weighted by molar-refractivity contribution is 0.0755. The highest BCUT2D eigenvalue weighted by atomic mass is 35.5. The first kappa shape index (κ1) is 14.7. The van der Waals surface area contributed by atoms with Gasteiger partial charge in [-0.15, -0.1) is 11.3 Å². The Morgan fingerprint density at radius 2 is 2.35 bits per heavy atom. The summed E-state index contributed by atoms with van der Waals surface area (Å²) >= 11 is 7.16. The van der Waals surface area contributed by atoms with E-state index in [0.29, 0.717) is 6.54 Å². The Morgan fingerprint density at radius 1 is 1.55 bits per heavy atom. The summed E-state index contributed by atoms with van der Waals surface area (Å²) in [6.45, 7) is 0.297. The van der Waals surface area contributed by atoms with Gasteiger partial charge < -0.3 is 14.4 Å². The molecule has 0 aromatic carbocycles. The third-order valence-corrected chi connectivity index (χ3v) is 3.61. The van der Waals surface area contributed by atoms with Gasteiger partial charge in [0.15, 0.2) is 11.0 Å². The summed E-state index contributed by atoms with van der Waals surface area (Å²) in [5.74, 6) is 5.40. The molecule has 0 fully saturated rings. The zero-order valence-electron chi connectivity index (χ0n) is 10.7. The van der Waals surface area contributed by atoms with Crippen LogP contribution in [0.25, 0.3) is 0 Å². The van der Waals surface area contributed by atoms with E-state index >= 15 is 0 Å². The van der Waals surface area contributed by atoms with E-state index in [1.54, 1.807) is 18.0 Å². The molecule has 0 saturated carbocycles. The van der Waals surface area contributed by atoms with Gasteiger partial charge >= 0.3 is 0 Å². The molecule has 0 saturated heterocycles. The molecule has 1 amide bonds. The second kappa shape index (κ2) is 6.62. The molecule has 0 unspecified atom stereocenters. The van der Waals surface area contributed by atoms with Crippen LogP contribution in [-0.2, 0) is 6.54 Å². The Labute approximate surface area is 125 Å². The van der Waals surface area contributed by atoms with Crippen molar-refractivity contribution in [2.75, 3.05) is 13.7 Å². The summed E-state index contributed by atoms with van der Waals surface area (Å²) in [7, 11) is 1.69. The average molecular weight is 310 g/mol. The standard InChI is InChI=1S/C14H12ClNO3S/c1-16(14(18)12-4-5-13(15)19-12)8-11-7-10(9-20-11)3-2-6-17/h4-5,7,9,17H,6,8H2,1H3. The Kier molecular flexibility index (Phi) is 4.85. The molecule has 2 heterocycles. The molecule has 104 valence electrons. The molecule has 4 nitrogen and oxygen atoms in total. The molecule has 0 bridgehead atoms. The topological polar surface area (TPSA) is 53.7 Å². The first-order valence-corrected chi connectivity index (χ1v) is 7.04. The van der Waals surface area contributed by atoms with Crippen molar-refractivity contribution >= 4 is 28.8 Å². The second-order valence-corrected chi connectivity index (χ2v) is 5.39. The van der Waals surface area contributed by atoms with Crippen LogP contribution in [0.15, 0.2) is 28.0 Å². The molecule has 1 N–H and O–H groups in total. The first-order valence-electron chi connectivity index (χ1n) is 5.78. The van der Waals surface area contributed by atoms with E-state index in [4.69, 9.17) is 21.1 Å². The molecule has 2 rings (SSSR count). The van der Waals surface area contributed by atoms with Crippen LogP contribution in [0.2, 0.25) is 5.22 Å². The molecule has 6 heteroatoms. The summed E-state index contributed by atoms with van der Waals surface area (Å²) in [6, 6.07) is 4.98. The predicted molar refractivity (Wildman–Crippen MR) is 77.8 cm³/mol. The van der Waals surface area contributed by atoms with Crippen LogP contribution >= 0.6 is 22.9 Å². The number of thiophene rings is 1. The van der Waals surface area contributed by atoms with Gasteiger partial charge in [0.05, 0.1) is 6.54 Å². The van der Waals surface area contributed by atoms with E-state index in [9.17, 15) is 4.79 Å².